The zero-order chi connectivity index (χ0) is 6.41. The lowest BCUT2D eigenvalue weighted by atomic mass is 10.4. The van der Waals surface area contributed by atoms with E-state index in [1.807, 2.05) is 0 Å². The molecule has 1 N–H and O–H groups in total. The summed E-state index contributed by atoms with van der Waals surface area (Å²) >= 11 is 0. The first-order valence-electron chi connectivity index (χ1n) is 1.95. The molecule has 0 saturated carbocycles. The number of hydrogen-bond donors (Lipinski definition) is 1. The number of aliphatic hydroxyl groups excluding tert-OH is 1. The van der Waals surface area contributed by atoms with Crippen molar-refractivity contribution in [3.05, 3.63) is 10.4 Å². The predicted molar refractivity (Wildman–Crippen MR) is 26.1 cm³/mol. The minimum absolute atomic E-state index is 0.181. The van der Waals surface area contributed by atoms with Crippen LogP contribution in [0.1, 0.15) is 0 Å². The Labute approximate surface area is 45.6 Å². The number of rotatable bonds is 3. The van der Waals surface area contributed by atoms with Gasteiger partial charge in [-0.1, -0.05) is 5.11 Å². The average molecular weight is 115 g/mol. The van der Waals surface area contributed by atoms with E-state index in [1.165, 1.54) is 0 Å². The second-order valence-electron chi connectivity index (χ2n) is 1.12. The standard InChI is InChI=1S/C3H5N3O2/c4-6-5-1-3(8)2-7/h2-3,8H,1H2/t3-/m1/s1. The summed E-state index contributed by atoms with van der Waals surface area (Å²) in [5.41, 5.74) is 7.64. The Hall–Kier alpha value is -1.06. The van der Waals surface area contributed by atoms with Crippen LogP contribution in [0, 0.1) is 0 Å². The van der Waals surface area contributed by atoms with E-state index >= 15 is 0 Å². The van der Waals surface area contributed by atoms with Crippen LogP contribution in [-0.2, 0) is 4.79 Å². The minimum atomic E-state index is -1.15. The zero-order valence-electron chi connectivity index (χ0n) is 4.06. The molecule has 0 unspecified atom stereocenters. The summed E-state index contributed by atoms with van der Waals surface area (Å²) in [5.74, 6) is 0. The first kappa shape index (κ1) is 6.94. The molecular weight excluding hydrogens is 110 g/mol. The fraction of sp³-hybridized carbons (Fsp3) is 0.667. The van der Waals surface area contributed by atoms with Gasteiger partial charge in [0, 0.05) is 4.91 Å². The van der Waals surface area contributed by atoms with Gasteiger partial charge in [0.25, 0.3) is 0 Å². The largest absolute Gasteiger partial charge is 0.386 e. The van der Waals surface area contributed by atoms with Crippen molar-refractivity contribution in [2.75, 3.05) is 6.54 Å². The van der Waals surface area contributed by atoms with Gasteiger partial charge < -0.3 is 9.90 Å². The van der Waals surface area contributed by atoms with Crippen LogP contribution in [0.25, 0.3) is 10.4 Å². The smallest absolute Gasteiger partial charge is 0.148 e. The van der Waals surface area contributed by atoms with Gasteiger partial charge in [-0.25, -0.2) is 0 Å². The van der Waals surface area contributed by atoms with Crippen LogP contribution in [0.2, 0.25) is 0 Å². The molecule has 5 nitrogen and oxygen atoms in total. The molecule has 0 aromatic rings. The third-order valence-electron chi connectivity index (χ3n) is 0.489. The lowest BCUT2D eigenvalue weighted by Crippen LogP contribution is -2.10. The maximum atomic E-state index is 9.58. The highest BCUT2D eigenvalue weighted by Gasteiger charge is 1.95. The highest BCUT2D eigenvalue weighted by Crippen LogP contribution is 1.77. The van der Waals surface area contributed by atoms with E-state index in [-0.39, 0.29) is 6.54 Å². The van der Waals surface area contributed by atoms with Crippen molar-refractivity contribution in [3.8, 4) is 0 Å². The lowest BCUT2D eigenvalue weighted by molar-refractivity contribution is -0.114. The Morgan fingerprint density at radius 3 is 3.00 bits per heavy atom. The maximum absolute atomic E-state index is 9.58. The molecule has 0 radical (unpaired) electrons. The van der Waals surface area contributed by atoms with Crippen LogP contribution in [0.15, 0.2) is 5.11 Å². The quantitative estimate of drug-likeness (QED) is 0.240. The third-order valence-corrected chi connectivity index (χ3v) is 0.489. The van der Waals surface area contributed by atoms with Crippen LogP contribution in [0.3, 0.4) is 0 Å². The Morgan fingerprint density at radius 2 is 2.62 bits per heavy atom. The molecule has 0 aliphatic carbocycles. The number of azide groups is 1. The molecule has 0 aromatic carbocycles. The molecule has 0 aliphatic rings. The average Bonchev–Trinajstić information content (AvgIpc) is 1.83. The van der Waals surface area contributed by atoms with Gasteiger partial charge in [0.2, 0.25) is 0 Å². The molecule has 0 fully saturated rings. The van der Waals surface area contributed by atoms with Gasteiger partial charge >= 0.3 is 0 Å². The number of carbonyl (C=O) groups excluding carboxylic acids is 1. The Morgan fingerprint density at radius 1 is 2.00 bits per heavy atom. The summed E-state index contributed by atoms with van der Waals surface area (Å²) in [6.45, 7) is -0.181. The molecule has 44 valence electrons. The fourth-order valence-electron chi connectivity index (χ4n) is 0.163. The van der Waals surface area contributed by atoms with Crippen LogP contribution in [-0.4, -0.2) is 24.0 Å². The molecule has 0 aliphatic heterocycles. The van der Waals surface area contributed by atoms with Gasteiger partial charge in [-0.3, -0.25) is 0 Å². The van der Waals surface area contributed by atoms with E-state index in [1.54, 1.807) is 0 Å². The maximum Gasteiger partial charge on any atom is 0.148 e. The third kappa shape index (κ3) is 3.14. The molecule has 0 bridgehead atoms. The number of aliphatic hydroxyl groups is 1. The van der Waals surface area contributed by atoms with E-state index in [9.17, 15) is 4.79 Å². The molecule has 0 amide bonds. The second-order valence-corrected chi connectivity index (χ2v) is 1.12. The first-order chi connectivity index (χ1) is 3.81. The Balaban J connectivity index is 3.38. The molecule has 0 spiro atoms. The highest BCUT2D eigenvalue weighted by molar-refractivity contribution is 5.55. The number of carbonyl (C=O) groups is 1. The Kier molecular flexibility index (Phi) is 3.56. The molecule has 0 aromatic heterocycles. The number of nitrogens with zero attached hydrogens (tertiary/aromatic N) is 3. The molecule has 5 heteroatoms. The van der Waals surface area contributed by atoms with Crippen LogP contribution >= 0.6 is 0 Å². The van der Waals surface area contributed by atoms with Crippen molar-refractivity contribution >= 4 is 6.29 Å². The van der Waals surface area contributed by atoms with Crippen LogP contribution in [0.4, 0.5) is 0 Å². The highest BCUT2D eigenvalue weighted by atomic mass is 16.3. The van der Waals surface area contributed by atoms with E-state index in [0.717, 1.165) is 0 Å². The van der Waals surface area contributed by atoms with Gasteiger partial charge in [0.15, 0.2) is 0 Å². The molecule has 8 heavy (non-hydrogen) atoms. The lowest BCUT2D eigenvalue weighted by Gasteiger charge is -1.90. The van der Waals surface area contributed by atoms with Crippen LogP contribution in [0.5, 0.6) is 0 Å². The van der Waals surface area contributed by atoms with E-state index in [2.05, 4.69) is 10.0 Å². The van der Waals surface area contributed by atoms with Crippen molar-refractivity contribution in [1.29, 1.82) is 0 Å². The predicted octanol–water partition coefficient (Wildman–Crippen LogP) is -0.144. The van der Waals surface area contributed by atoms with Crippen molar-refractivity contribution in [2.45, 2.75) is 6.10 Å². The summed E-state index contributed by atoms with van der Waals surface area (Å²) in [4.78, 5) is 11.9. The number of aldehydes is 1. The molecular formula is C3H5N3O2. The molecule has 0 saturated heterocycles. The van der Waals surface area contributed by atoms with E-state index < -0.39 is 6.10 Å². The summed E-state index contributed by atoms with van der Waals surface area (Å²) in [5, 5.41) is 11.3. The topological polar surface area (TPSA) is 86.1 Å². The summed E-state index contributed by atoms with van der Waals surface area (Å²) in [6.07, 6.45) is -0.833. The molecule has 0 heterocycles. The van der Waals surface area contributed by atoms with Gasteiger partial charge in [0.05, 0.1) is 6.54 Å². The summed E-state index contributed by atoms with van der Waals surface area (Å²) < 4.78 is 0. The van der Waals surface area contributed by atoms with Crippen LogP contribution < -0.4 is 0 Å². The van der Waals surface area contributed by atoms with Gasteiger partial charge in [-0.2, -0.15) is 0 Å². The normalized spacial score (nSPS) is 11.6. The zero-order valence-corrected chi connectivity index (χ0v) is 4.06. The van der Waals surface area contributed by atoms with Gasteiger partial charge in [-0.15, -0.1) is 0 Å². The molecule has 1 atom stereocenters. The number of hydrogen-bond acceptors (Lipinski definition) is 3. The van der Waals surface area contributed by atoms with Crippen molar-refractivity contribution in [2.24, 2.45) is 5.11 Å². The first-order valence-corrected chi connectivity index (χ1v) is 1.95. The van der Waals surface area contributed by atoms with Gasteiger partial charge in [0.1, 0.15) is 12.4 Å². The SMILES string of the molecule is [N-]=[N+]=NC[C@@H](O)C=O. The fourth-order valence-corrected chi connectivity index (χ4v) is 0.163. The van der Waals surface area contributed by atoms with E-state index in [0.29, 0.717) is 6.29 Å². The van der Waals surface area contributed by atoms with Crippen molar-refractivity contribution in [3.63, 3.8) is 0 Å². The Bertz CT molecular complexity index is 118. The summed E-state index contributed by atoms with van der Waals surface area (Å²) in [6, 6.07) is 0. The monoisotopic (exact) mass is 115 g/mol. The van der Waals surface area contributed by atoms with Gasteiger partial charge in [-0.05, 0) is 5.53 Å². The molecule has 0 rings (SSSR count). The van der Waals surface area contributed by atoms with Crippen molar-refractivity contribution in [1.82, 2.24) is 0 Å². The minimum Gasteiger partial charge on any atom is -0.386 e. The second kappa shape index (κ2) is 4.11. The van der Waals surface area contributed by atoms with Crippen molar-refractivity contribution < 1.29 is 9.90 Å². The summed E-state index contributed by atoms with van der Waals surface area (Å²) in [7, 11) is 0. The van der Waals surface area contributed by atoms with E-state index in [4.69, 9.17) is 10.6 Å².